The van der Waals surface area contributed by atoms with Crippen LogP contribution in [0.4, 0.5) is 5.69 Å². The van der Waals surface area contributed by atoms with Crippen LogP contribution in [0.3, 0.4) is 0 Å². The third kappa shape index (κ3) is 4.36. The van der Waals surface area contributed by atoms with Crippen molar-refractivity contribution >= 4 is 29.1 Å². The van der Waals surface area contributed by atoms with Crippen LogP contribution in [0.25, 0.3) is 0 Å². The third-order valence-corrected chi connectivity index (χ3v) is 3.18. The Morgan fingerprint density at radius 3 is 2.62 bits per heavy atom. The second kappa shape index (κ2) is 6.95. The summed E-state index contributed by atoms with van der Waals surface area (Å²) in [5.74, 6) is 0.0984. The summed E-state index contributed by atoms with van der Waals surface area (Å²) in [6, 6.07) is 10.4. The minimum atomic E-state index is -0.315. The van der Waals surface area contributed by atoms with Gasteiger partial charge in [-0.3, -0.25) is 9.59 Å². The minimum absolute atomic E-state index is 0.0682. The monoisotopic (exact) mass is 306 g/mol. The topological polar surface area (TPSA) is 62.6 Å². The molecule has 2 amide bonds. The molecule has 0 unspecified atom stereocenters. The number of hydrogen-bond donors (Lipinski definition) is 1. The summed E-state index contributed by atoms with van der Waals surface area (Å²) in [6.45, 7) is 1.59. The van der Waals surface area contributed by atoms with Gasteiger partial charge in [-0.15, -0.1) is 0 Å². The number of nitrogens with one attached hydrogen (secondary N) is 1. The molecule has 6 heteroatoms. The van der Waals surface area contributed by atoms with E-state index in [1.54, 1.807) is 36.4 Å². The van der Waals surface area contributed by atoms with Crippen molar-refractivity contribution in [2.24, 2.45) is 0 Å². The molecule has 0 radical (unpaired) electrons. The lowest BCUT2D eigenvalue weighted by molar-refractivity contribution is -0.133. The van der Waals surface area contributed by atoms with E-state index in [9.17, 15) is 9.59 Å². The van der Waals surface area contributed by atoms with Crippen LogP contribution in [0, 0.1) is 0 Å². The van der Waals surface area contributed by atoms with Crippen molar-refractivity contribution in [2.45, 2.75) is 13.5 Å². The molecular formula is C15H15ClN2O3. The fourth-order valence-corrected chi connectivity index (χ4v) is 1.98. The Morgan fingerprint density at radius 2 is 2.00 bits per heavy atom. The van der Waals surface area contributed by atoms with Crippen molar-refractivity contribution in [3.8, 4) is 0 Å². The molecule has 0 saturated heterocycles. The zero-order valence-electron chi connectivity index (χ0n) is 11.5. The molecule has 2 aromatic rings. The van der Waals surface area contributed by atoms with Crippen LogP contribution in [0.2, 0.25) is 5.02 Å². The Morgan fingerprint density at radius 1 is 1.24 bits per heavy atom. The van der Waals surface area contributed by atoms with Gasteiger partial charge in [0, 0.05) is 6.92 Å². The number of rotatable bonds is 5. The largest absolute Gasteiger partial charge is 0.467 e. The molecule has 5 nitrogen and oxygen atoms in total. The first-order chi connectivity index (χ1) is 10.1. The maximum Gasteiger partial charge on any atom is 0.244 e. The number of carbonyl (C=O) groups excluding carboxylic acids is 2. The third-order valence-electron chi connectivity index (χ3n) is 2.85. The average Bonchev–Trinajstić information content (AvgIpc) is 2.93. The molecule has 1 aromatic carbocycles. The van der Waals surface area contributed by atoms with Crippen LogP contribution >= 0.6 is 11.6 Å². The van der Waals surface area contributed by atoms with Crippen molar-refractivity contribution in [1.82, 2.24) is 4.90 Å². The summed E-state index contributed by atoms with van der Waals surface area (Å²) in [4.78, 5) is 25.0. The van der Waals surface area contributed by atoms with E-state index in [1.165, 1.54) is 18.1 Å². The second-order valence-electron chi connectivity index (χ2n) is 4.48. The predicted octanol–water partition coefficient (Wildman–Crippen LogP) is 2.92. The second-order valence-corrected chi connectivity index (χ2v) is 4.89. The standard InChI is InChI=1S/C15H15ClN2O3/c1-11(19)18(9-12-5-4-8-21-12)10-15(20)17-14-7-3-2-6-13(14)16/h2-8H,9-10H2,1H3,(H,17,20). The molecule has 2 rings (SSSR count). The van der Waals surface area contributed by atoms with Gasteiger partial charge in [0.1, 0.15) is 12.3 Å². The molecule has 0 aliphatic heterocycles. The maximum absolute atomic E-state index is 12.0. The highest BCUT2D eigenvalue weighted by atomic mass is 35.5. The fraction of sp³-hybridized carbons (Fsp3) is 0.200. The predicted molar refractivity (Wildman–Crippen MR) is 79.9 cm³/mol. The number of anilines is 1. The van der Waals surface area contributed by atoms with Crippen molar-refractivity contribution in [3.63, 3.8) is 0 Å². The van der Waals surface area contributed by atoms with Crippen LogP contribution in [0.5, 0.6) is 0 Å². The highest BCUT2D eigenvalue weighted by Gasteiger charge is 2.16. The zero-order chi connectivity index (χ0) is 15.2. The first-order valence-corrected chi connectivity index (χ1v) is 6.76. The molecule has 0 spiro atoms. The summed E-state index contributed by atoms with van der Waals surface area (Å²) in [5.41, 5.74) is 0.519. The minimum Gasteiger partial charge on any atom is -0.467 e. The van der Waals surface area contributed by atoms with E-state index in [2.05, 4.69) is 5.32 Å². The first-order valence-electron chi connectivity index (χ1n) is 6.38. The summed E-state index contributed by atoms with van der Waals surface area (Å²) in [6.07, 6.45) is 1.53. The van der Waals surface area contributed by atoms with Crippen LogP contribution in [-0.4, -0.2) is 23.3 Å². The highest BCUT2D eigenvalue weighted by Crippen LogP contribution is 2.20. The van der Waals surface area contributed by atoms with Crippen molar-refractivity contribution in [2.75, 3.05) is 11.9 Å². The Kier molecular flexibility index (Phi) is 5.00. The van der Waals surface area contributed by atoms with Gasteiger partial charge < -0.3 is 14.6 Å². The molecule has 1 N–H and O–H groups in total. The Bertz CT molecular complexity index is 626. The van der Waals surface area contributed by atoms with E-state index in [-0.39, 0.29) is 24.9 Å². The van der Waals surface area contributed by atoms with Gasteiger partial charge >= 0.3 is 0 Å². The number of para-hydroxylation sites is 1. The van der Waals surface area contributed by atoms with Crippen LogP contribution in [0.15, 0.2) is 47.1 Å². The van der Waals surface area contributed by atoms with Gasteiger partial charge in [-0.05, 0) is 24.3 Å². The Balaban J connectivity index is 1.98. The number of nitrogens with zero attached hydrogens (tertiary/aromatic N) is 1. The average molecular weight is 307 g/mol. The number of hydrogen-bond acceptors (Lipinski definition) is 3. The molecule has 0 aliphatic carbocycles. The lowest BCUT2D eigenvalue weighted by Gasteiger charge is -2.19. The lowest BCUT2D eigenvalue weighted by atomic mass is 10.3. The van der Waals surface area contributed by atoms with Gasteiger partial charge in [0.15, 0.2) is 0 Å². The van der Waals surface area contributed by atoms with Gasteiger partial charge in [-0.25, -0.2) is 0 Å². The van der Waals surface area contributed by atoms with E-state index in [1.807, 2.05) is 0 Å². The number of furan rings is 1. The van der Waals surface area contributed by atoms with Gasteiger partial charge in [-0.1, -0.05) is 23.7 Å². The number of carbonyl (C=O) groups is 2. The Labute approximate surface area is 127 Å². The SMILES string of the molecule is CC(=O)N(CC(=O)Nc1ccccc1Cl)Cc1ccco1. The van der Waals surface area contributed by atoms with Crippen molar-refractivity contribution in [3.05, 3.63) is 53.4 Å². The van der Waals surface area contributed by atoms with E-state index in [4.69, 9.17) is 16.0 Å². The van der Waals surface area contributed by atoms with Gasteiger partial charge in [0.2, 0.25) is 11.8 Å². The van der Waals surface area contributed by atoms with E-state index < -0.39 is 0 Å². The number of amides is 2. The molecule has 0 aliphatic rings. The normalized spacial score (nSPS) is 10.2. The van der Waals surface area contributed by atoms with Crippen molar-refractivity contribution in [1.29, 1.82) is 0 Å². The quantitative estimate of drug-likeness (QED) is 0.924. The Hall–Kier alpha value is -2.27. The summed E-state index contributed by atoms with van der Waals surface area (Å²) < 4.78 is 5.19. The molecule has 0 saturated carbocycles. The van der Waals surface area contributed by atoms with E-state index in [0.29, 0.717) is 16.5 Å². The molecule has 110 valence electrons. The molecule has 0 fully saturated rings. The molecule has 0 atom stereocenters. The molecule has 0 bridgehead atoms. The van der Waals surface area contributed by atoms with Gasteiger partial charge in [0.25, 0.3) is 0 Å². The van der Waals surface area contributed by atoms with Crippen LogP contribution < -0.4 is 5.32 Å². The maximum atomic E-state index is 12.0. The van der Waals surface area contributed by atoms with Gasteiger partial charge in [0.05, 0.1) is 23.5 Å². The molecule has 1 aromatic heterocycles. The molecule has 21 heavy (non-hydrogen) atoms. The smallest absolute Gasteiger partial charge is 0.244 e. The van der Waals surface area contributed by atoms with Crippen LogP contribution in [-0.2, 0) is 16.1 Å². The van der Waals surface area contributed by atoms with E-state index in [0.717, 1.165) is 0 Å². The zero-order valence-corrected chi connectivity index (χ0v) is 12.3. The van der Waals surface area contributed by atoms with Crippen molar-refractivity contribution < 1.29 is 14.0 Å². The fourth-order valence-electron chi connectivity index (χ4n) is 1.79. The molecule has 1 heterocycles. The first kappa shape index (κ1) is 15.1. The van der Waals surface area contributed by atoms with Crippen LogP contribution in [0.1, 0.15) is 12.7 Å². The van der Waals surface area contributed by atoms with Gasteiger partial charge in [-0.2, -0.15) is 0 Å². The summed E-state index contributed by atoms with van der Waals surface area (Å²) >= 11 is 5.97. The number of benzene rings is 1. The highest BCUT2D eigenvalue weighted by molar-refractivity contribution is 6.33. The number of halogens is 1. The van der Waals surface area contributed by atoms with E-state index >= 15 is 0 Å². The molecular weight excluding hydrogens is 292 g/mol. The lowest BCUT2D eigenvalue weighted by Crippen LogP contribution is -2.36. The summed E-state index contributed by atoms with van der Waals surface area (Å²) in [7, 11) is 0. The summed E-state index contributed by atoms with van der Waals surface area (Å²) in [5, 5.41) is 3.13.